The number of fused-ring (bicyclic) bond motifs is 1. The maximum absolute atomic E-state index is 4.66. The topological polar surface area (TPSA) is 35.5 Å². The van der Waals surface area contributed by atoms with Gasteiger partial charge in [-0.3, -0.25) is 4.90 Å². The third-order valence-corrected chi connectivity index (χ3v) is 5.88. The van der Waals surface area contributed by atoms with E-state index in [0.29, 0.717) is 0 Å². The molecule has 0 N–H and O–H groups in total. The zero-order valence-electron chi connectivity index (χ0n) is 14.3. The van der Waals surface area contributed by atoms with Crippen LogP contribution in [0.4, 0.5) is 5.82 Å². The maximum atomic E-state index is 4.66. The smallest absolute Gasteiger partial charge is 0.135 e. The number of hydrogen-bond acceptors (Lipinski definition) is 6. The molecule has 5 nitrogen and oxygen atoms in total. The highest BCUT2D eigenvalue weighted by molar-refractivity contribution is 7.07. The lowest BCUT2D eigenvalue weighted by Gasteiger charge is -2.34. The Bertz CT molecular complexity index is 664. The van der Waals surface area contributed by atoms with Crippen molar-refractivity contribution >= 4 is 17.2 Å². The summed E-state index contributed by atoms with van der Waals surface area (Å²) < 4.78 is 0. The molecule has 0 radical (unpaired) electrons. The van der Waals surface area contributed by atoms with E-state index >= 15 is 0 Å². The van der Waals surface area contributed by atoms with Crippen LogP contribution in [0.1, 0.15) is 16.8 Å². The second-order valence-electron chi connectivity index (χ2n) is 6.82. The third-order valence-electron chi connectivity index (χ3n) is 5.14. The van der Waals surface area contributed by atoms with Crippen molar-refractivity contribution in [3.63, 3.8) is 0 Å². The fourth-order valence-electron chi connectivity index (χ4n) is 3.65. The van der Waals surface area contributed by atoms with Crippen molar-refractivity contribution in [2.45, 2.75) is 19.4 Å². The Labute approximate surface area is 147 Å². The van der Waals surface area contributed by atoms with Gasteiger partial charge in [0.2, 0.25) is 0 Å². The highest BCUT2D eigenvalue weighted by atomic mass is 32.1. The van der Waals surface area contributed by atoms with E-state index in [4.69, 9.17) is 0 Å². The Balaban J connectivity index is 1.50. The standard InChI is InChI=1S/C18H25N5S/c1-21-7-9-23(10-8-21)18-16-2-5-22(12-15-4-11-24-13-15)6-3-17(16)19-14-20-18/h4,11,13-14H,2-3,5-10,12H2,1H3. The van der Waals surface area contributed by atoms with E-state index in [-0.39, 0.29) is 0 Å². The van der Waals surface area contributed by atoms with E-state index in [9.17, 15) is 0 Å². The maximum Gasteiger partial charge on any atom is 0.135 e. The minimum absolute atomic E-state index is 1.03. The van der Waals surface area contributed by atoms with Gasteiger partial charge in [0.25, 0.3) is 0 Å². The van der Waals surface area contributed by atoms with Crippen LogP contribution >= 0.6 is 11.3 Å². The van der Waals surface area contributed by atoms with Crippen LogP contribution < -0.4 is 4.90 Å². The Morgan fingerprint density at radius 2 is 1.88 bits per heavy atom. The molecule has 6 heteroatoms. The van der Waals surface area contributed by atoms with Crippen LogP contribution in [-0.4, -0.2) is 66.1 Å². The van der Waals surface area contributed by atoms with E-state index in [1.54, 1.807) is 17.7 Å². The van der Waals surface area contributed by atoms with Crippen molar-refractivity contribution in [2.75, 3.05) is 51.2 Å². The summed E-state index contributed by atoms with van der Waals surface area (Å²) in [5.41, 5.74) is 4.07. The van der Waals surface area contributed by atoms with E-state index < -0.39 is 0 Å². The summed E-state index contributed by atoms with van der Waals surface area (Å²) in [6.07, 6.45) is 3.85. The fourth-order valence-corrected chi connectivity index (χ4v) is 4.30. The van der Waals surface area contributed by atoms with E-state index in [1.807, 2.05) is 0 Å². The monoisotopic (exact) mass is 343 g/mol. The molecular weight excluding hydrogens is 318 g/mol. The molecule has 1 fully saturated rings. The van der Waals surface area contributed by atoms with Gasteiger partial charge in [0.1, 0.15) is 12.1 Å². The summed E-state index contributed by atoms with van der Waals surface area (Å²) in [6, 6.07) is 2.23. The van der Waals surface area contributed by atoms with E-state index in [2.05, 4.69) is 48.5 Å². The first-order valence-electron chi connectivity index (χ1n) is 8.79. The lowest BCUT2D eigenvalue weighted by atomic mass is 10.1. The average molecular weight is 344 g/mol. The van der Waals surface area contributed by atoms with Crippen LogP contribution in [-0.2, 0) is 19.4 Å². The Morgan fingerprint density at radius 1 is 1.04 bits per heavy atom. The number of nitrogens with zero attached hydrogens (tertiary/aromatic N) is 5. The molecule has 2 aliphatic heterocycles. The number of aromatic nitrogens is 2. The van der Waals surface area contributed by atoms with E-state index in [1.165, 1.54) is 22.6 Å². The van der Waals surface area contributed by atoms with Crippen LogP contribution in [0.5, 0.6) is 0 Å². The van der Waals surface area contributed by atoms with E-state index in [0.717, 1.165) is 58.7 Å². The van der Waals surface area contributed by atoms with Crippen LogP contribution in [0, 0.1) is 0 Å². The van der Waals surface area contributed by atoms with Crippen molar-refractivity contribution < 1.29 is 0 Å². The van der Waals surface area contributed by atoms with Gasteiger partial charge in [-0.25, -0.2) is 9.97 Å². The molecule has 0 atom stereocenters. The minimum atomic E-state index is 1.03. The van der Waals surface area contributed by atoms with Crippen molar-refractivity contribution in [1.29, 1.82) is 0 Å². The SMILES string of the molecule is CN1CCN(c2ncnc3c2CCN(Cc2ccsc2)CC3)CC1. The van der Waals surface area contributed by atoms with Crippen LogP contribution in [0.15, 0.2) is 23.2 Å². The molecule has 0 amide bonds. The zero-order chi connectivity index (χ0) is 16.4. The van der Waals surface area contributed by atoms with Gasteiger partial charge in [-0.1, -0.05) is 0 Å². The molecule has 0 saturated carbocycles. The molecule has 2 aromatic rings. The highest BCUT2D eigenvalue weighted by Crippen LogP contribution is 2.25. The molecule has 0 spiro atoms. The lowest BCUT2D eigenvalue weighted by molar-refractivity contribution is 0.279. The summed E-state index contributed by atoms with van der Waals surface area (Å²) in [5, 5.41) is 4.42. The van der Waals surface area contributed by atoms with Gasteiger partial charge in [0.05, 0.1) is 5.69 Å². The molecule has 0 bridgehead atoms. The van der Waals surface area contributed by atoms with Crippen molar-refractivity contribution in [3.05, 3.63) is 40.0 Å². The van der Waals surface area contributed by atoms with Crippen LogP contribution in [0.3, 0.4) is 0 Å². The highest BCUT2D eigenvalue weighted by Gasteiger charge is 2.23. The summed E-state index contributed by atoms with van der Waals surface area (Å²) in [6.45, 7) is 7.59. The summed E-state index contributed by atoms with van der Waals surface area (Å²) in [5.74, 6) is 1.19. The number of piperazine rings is 1. The molecule has 0 unspecified atom stereocenters. The number of hydrogen-bond donors (Lipinski definition) is 0. The van der Waals surface area contributed by atoms with Gasteiger partial charge in [-0.05, 0) is 35.9 Å². The zero-order valence-corrected chi connectivity index (χ0v) is 15.1. The van der Waals surface area contributed by atoms with Gasteiger partial charge in [-0.15, -0.1) is 0 Å². The first-order valence-corrected chi connectivity index (χ1v) is 9.73. The van der Waals surface area contributed by atoms with Gasteiger partial charge >= 0.3 is 0 Å². The number of rotatable bonds is 3. The number of thiophene rings is 1. The molecule has 24 heavy (non-hydrogen) atoms. The van der Waals surface area contributed by atoms with Gasteiger partial charge in [0, 0.05) is 57.8 Å². The van der Waals surface area contributed by atoms with Crippen molar-refractivity contribution in [3.8, 4) is 0 Å². The Morgan fingerprint density at radius 3 is 2.67 bits per heavy atom. The first kappa shape index (κ1) is 16.0. The fraction of sp³-hybridized carbons (Fsp3) is 0.556. The average Bonchev–Trinajstić information content (AvgIpc) is 3.02. The van der Waals surface area contributed by atoms with Crippen molar-refractivity contribution in [2.24, 2.45) is 0 Å². The molecule has 2 aromatic heterocycles. The molecule has 0 aliphatic carbocycles. The molecule has 128 valence electrons. The second-order valence-corrected chi connectivity index (χ2v) is 7.60. The largest absolute Gasteiger partial charge is 0.354 e. The normalized spacial score (nSPS) is 20.0. The third kappa shape index (κ3) is 3.45. The summed E-state index contributed by atoms with van der Waals surface area (Å²) >= 11 is 1.78. The molecular formula is C18H25N5S. The second kappa shape index (κ2) is 7.17. The first-order chi connectivity index (χ1) is 11.8. The summed E-state index contributed by atoms with van der Waals surface area (Å²) in [7, 11) is 2.19. The number of likely N-dealkylation sites (N-methyl/N-ethyl adjacent to an activating group) is 1. The molecule has 1 saturated heterocycles. The predicted molar refractivity (Wildman–Crippen MR) is 98.7 cm³/mol. The quantitative estimate of drug-likeness (QED) is 0.850. The van der Waals surface area contributed by atoms with Crippen LogP contribution in [0.25, 0.3) is 0 Å². The summed E-state index contributed by atoms with van der Waals surface area (Å²) in [4.78, 5) is 16.7. The lowest BCUT2D eigenvalue weighted by Crippen LogP contribution is -2.45. The van der Waals surface area contributed by atoms with Gasteiger partial charge in [-0.2, -0.15) is 11.3 Å². The van der Waals surface area contributed by atoms with Gasteiger partial charge in [0.15, 0.2) is 0 Å². The van der Waals surface area contributed by atoms with Crippen molar-refractivity contribution in [1.82, 2.24) is 19.8 Å². The number of anilines is 1. The van der Waals surface area contributed by atoms with Gasteiger partial charge < -0.3 is 9.80 Å². The predicted octanol–water partition coefficient (Wildman–Crippen LogP) is 1.89. The molecule has 2 aliphatic rings. The molecule has 4 heterocycles. The molecule has 4 rings (SSSR count). The minimum Gasteiger partial charge on any atom is -0.354 e. The Hall–Kier alpha value is -1.50. The molecule has 0 aromatic carbocycles. The van der Waals surface area contributed by atoms with Crippen LogP contribution in [0.2, 0.25) is 0 Å². The Kier molecular flexibility index (Phi) is 4.78.